The van der Waals surface area contributed by atoms with Crippen molar-refractivity contribution < 1.29 is 4.79 Å². The standard InChI is InChI=1S/C13H22N4O/c1-4-17(11-5-7-14-8-6-11)13(18)12-9(2)15-16-10(12)3/h11,14H,4-8H2,1-3H3,(H,15,16). The first-order valence-corrected chi connectivity index (χ1v) is 6.68. The lowest BCUT2D eigenvalue weighted by atomic mass is 10.0. The number of H-pyrrole nitrogens is 1. The molecule has 0 aliphatic carbocycles. The van der Waals surface area contributed by atoms with E-state index in [0.717, 1.165) is 49.4 Å². The summed E-state index contributed by atoms with van der Waals surface area (Å²) in [7, 11) is 0. The van der Waals surface area contributed by atoms with Crippen molar-refractivity contribution in [1.82, 2.24) is 20.4 Å². The summed E-state index contributed by atoms with van der Waals surface area (Å²) in [6.07, 6.45) is 2.07. The van der Waals surface area contributed by atoms with E-state index in [0.29, 0.717) is 6.04 Å². The molecule has 1 aliphatic heterocycles. The van der Waals surface area contributed by atoms with Gasteiger partial charge in [0.2, 0.25) is 0 Å². The fraction of sp³-hybridized carbons (Fsp3) is 0.692. The van der Waals surface area contributed by atoms with Crippen LogP contribution in [-0.2, 0) is 0 Å². The fourth-order valence-corrected chi connectivity index (χ4v) is 2.70. The first-order valence-electron chi connectivity index (χ1n) is 6.68. The van der Waals surface area contributed by atoms with E-state index in [-0.39, 0.29) is 5.91 Å². The van der Waals surface area contributed by atoms with Gasteiger partial charge in [0.25, 0.3) is 5.91 Å². The molecule has 1 aromatic rings. The summed E-state index contributed by atoms with van der Waals surface area (Å²) in [5.41, 5.74) is 2.41. The molecule has 0 bridgehead atoms. The second-order valence-electron chi connectivity index (χ2n) is 4.88. The number of aromatic nitrogens is 2. The van der Waals surface area contributed by atoms with E-state index in [4.69, 9.17) is 0 Å². The van der Waals surface area contributed by atoms with Gasteiger partial charge in [-0.1, -0.05) is 0 Å². The van der Waals surface area contributed by atoms with Crippen LogP contribution >= 0.6 is 0 Å². The van der Waals surface area contributed by atoms with Crippen LogP contribution in [0.5, 0.6) is 0 Å². The van der Waals surface area contributed by atoms with Crippen molar-refractivity contribution in [2.45, 2.75) is 39.7 Å². The van der Waals surface area contributed by atoms with Crippen LogP contribution < -0.4 is 5.32 Å². The highest BCUT2D eigenvalue weighted by Crippen LogP contribution is 2.18. The number of carbonyl (C=O) groups excluding carboxylic acids is 1. The van der Waals surface area contributed by atoms with Crippen molar-refractivity contribution in [3.05, 3.63) is 17.0 Å². The van der Waals surface area contributed by atoms with E-state index < -0.39 is 0 Å². The minimum atomic E-state index is 0.119. The maximum absolute atomic E-state index is 12.6. The van der Waals surface area contributed by atoms with Crippen molar-refractivity contribution in [2.75, 3.05) is 19.6 Å². The fourth-order valence-electron chi connectivity index (χ4n) is 2.70. The first-order chi connectivity index (χ1) is 8.65. The number of carbonyl (C=O) groups is 1. The Hall–Kier alpha value is -1.36. The quantitative estimate of drug-likeness (QED) is 0.848. The molecule has 2 N–H and O–H groups in total. The van der Waals surface area contributed by atoms with Crippen LogP contribution in [0.1, 0.15) is 41.5 Å². The average Bonchev–Trinajstić information content (AvgIpc) is 2.71. The van der Waals surface area contributed by atoms with Crippen LogP contribution in [0, 0.1) is 13.8 Å². The monoisotopic (exact) mass is 250 g/mol. The molecule has 1 aromatic heterocycles. The minimum Gasteiger partial charge on any atom is -0.336 e. The molecule has 0 aromatic carbocycles. The molecule has 100 valence electrons. The first kappa shape index (κ1) is 13.1. The van der Waals surface area contributed by atoms with Crippen LogP contribution in [0.4, 0.5) is 0 Å². The Morgan fingerprint density at radius 1 is 1.39 bits per heavy atom. The second kappa shape index (κ2) is 5.52. The molecule has 1 amide bonds. The van der Waals surface area contributed by atoms with Gasteiger partial charge < -0.3 is 10.2 Å². The third kappa shape index (κ3) is 2.41. The zero-order valence-electron chi connectivity index (χ0n) is 11.4. The zero-order valence-corrected chi connectivity index (χ0v) is 11.4. The Labute approximate surface area is 108 Å². The molecule has 5 heteroatoms. The molecule has 0 saturated carbocycles. The summed E-state index contributed by atoms with van der Waals surface area (Å²) >= 11 is 0. The number of rotatable bonds is 3. The van der Waals surface area contributed by atoms with Gasteiger partial charge in [0, 0.05) is 18.3 Å². The van der Waals surface area contributed by atoms with Gasteiger partial charge in [-0.3, -0.25) is 9.89 Å². The molecule has 1 fully saturated rings. The highest BCUT2D eigenvalue weighted by Gasteiger charge is 2.27. The largest absolute Gasteiger partial charge is 0.336 e. The third-order valence-corrected chi connectivity index (χ3v) is 3.69. The van der Waals surface area contributed by atoms with E-state index in [1.165, 1.54) is 0 Å². The number of amides is 1. The van der Waals surface area contributed by atoms with Crippen molar-refractivity contribution in [2.24, 2.45) is 0 Å². The van der Waals surface area contributed by atoms with Gasteiger partial charge in [-0.2, -0.15) is 5.10 Å². The molecule has 1 saturated heterocycles. The van der Waals surface area contributed by atoms with Crippen LogP contribution in [-0.4, -0.2) is 46.7 Å². The molecule has 2 heterocycles. The second-order valence-corrected chi connectivity index (χ2v) is 4.88. The number of aromatic amines is 1. The SMILES string of the molecule is CCN(C(=O)c1c(C)n[nH]c1C)C1CCNCC1. The summed E-state index contributed by atoms with van der Waals surface area (Å²) < 4.78 is 0. The summed E-state index contributed by atoms with van der Waals surface area (Å²) in [5, 5.41) is 10.3. The summed E-state index contributed by atoms with van der Waals surface area (Å²) in [6.45, 7) is 8.59. The number of nitrogens with zero attached hydrogens (tertiary/aromatic N) is 2. The summed E-state index contributed by atoms with van der Waals surface area (Å²) in [5.74, 6) is 0.119. The molecule has 0 spiro atoms. The van der Waals surface area contributed by atoms with E-state index in [9.17, 15) is 4.79 Å². The maximum Gasteiger partial charge on any atom is 0.257 e. The third-order valence-electron chi connectivity index (χ3n) is 3.69. The lowest BCUT2D eigenvalue weighted by molar-refractivity contribution is 0.0654. The van der Waals surface area contributed by atoms with Crippen molar-refractivity contribution in [3.8, 4) is 0 Å². The minimum absolute atomic E-state index is 0.119. The van der Waals surface area contributed by atoms with E-state index in [2.05, 4.69) is 15.5 Å². The van der Waals surface area contributed by atoms with Gasteiger partial charge >= 0.3 is 0 Å². The number of hydrogen-bond acceptors (Lipinski definition) is 3. The molecule has 0 radical (unpaired) electrons. The molecule has 5 nitrogen and oxygen atoms in total. The Morgan fingerprint density at radius 3 is 2.56 bits per heavy atom. The van der Waals surface area contributed by atoms with Crippen LogP contribution in [0.15, 0.2) is 0 Å². The number of hydrogen-bond donors (Lipinski definition) is 2. The Balaban J connectivity index is 2.19. The van der Waals surface area contributed by atoms with Crippen LogP contribution in [0.25, 0.3) is 0 Å². The van der Waals surface area contributed by atoms with Crippen molar-refractivity contribution >= 4 is 5.91 Å². The van der Waals surface area contributed by atoms with Gasteiger partial charge in [0.05, 0.1) is 11.3 Å². The number of aryl methyl sites for hydroxylation is 2. The topological polar surface area (TPSA) is 61.0 Å². The average molecular weight is 250 g/mol. The predicted octanol–water partition coefficient (Wildman–Crippen LogP) is 1.24. The Kier molecular flexibility index (Phi) is 4.01. The Morgan fingerprint density at radius 2 is 2.06 bits per heavy atom. The highest BCUT2D eigenvalue weighted by molar-refractivity contribution is 5.96. The molecule has 0 atom stereocenters. The lowest BCUT2D eigenvalue weighted by Crippen LogP contribution is -2.46. The van der Waals surface area contributed by atoms with E-state index in [1.54, 1.807) is 0 Å². The van der Waals surface area contributed by atoms with Crippen molar-refractivity contribution in [3.63, 3.8) is 0 Å². The molecule has 18 heavy (non-hydrogen) atoms. The predicted molar refractivity (Wildman–Crippen MR) is 70.7 cm³/mol. The maximum atomic E-state index is 12.6. The van der Waals surface area contributed by atoms with Gasteiger partial charge in [-0.15, -0.1) is 0 Å². The smallest absolute Gasteiger partial charge is 0.257 e. The zero-order chi connectivity index (χ0) is 13.1. The normalized spacial score (nSPS) is 16.8. The van der Waals surface area contributed by atoms with Crippen LogP contribution in [0.2, 0.25) is 0 Å². The Bertz CT molecular complexity index is 401. The molecule has 2 rings (SSSR count). The van der Waals surface area contributed by atoms with E-state index in [1.807, 2.05) is 25.7 Å². The van der Waals surface area contributed by atoms with Crippen LogP contribution in [0.3, 0.4) is 0 Å². The highest BCUT2D eigenvalue weighted by atomic mass is 16.2. The van der Waals surface area contributed by atoms with E-state index >= 15 is 0 Å². The molecule has 1 aliphatic rings. The van der Waals surface area contributed by atoms with Crippen molar-refractivity contribution in [1.29, 1.82) is 0 Å². The van der Waals surface area contributed by atoms with Gasteiger partial charge in [-0.25, -0.2) is 0 Å². The number of nitrogens with one attached hydrogen (secondary N) is 2. The van der Waals surface area contributed by atoms with Gasteiger partial charge in [0.15, 0.2) is 0 Å². The van der Waals surface area contributed by atoms with Gasteiger partial charge in [-0.05, 0) is 46.7 Å². The van der Waals surface area contributed by atoms with Gasteiger partial charge in [0.1, 0.15) is 0 Å². The molecular formula is C13H22N4O. The lowest BCUT2D eigenvalue weighted by Gasteiger charge is -2.34. The summed E-state index contributed by atoms with van der Waals surface area (Å²) in [4.78, 5) is 14.6. The summed E-state index contributed by atoms with van der Waals surface area (Å²) in [6, 6.07) is 0.359. The number of piperidine rings is 1. The molecule has 0 unspecified atom stereocenters. The molecular weight excluding hydrogens is 228 g/mol.